The molecule has 0 unspecified atom stereocenters. The van der Waals surface area contributed by atoms with Gasteiger partial charge in [-0.1, -0.05) is 23.7 Å². The lowest BCUT2D eigenvalue weighted by Crippen LogP contribution is -1.96. The highest BCUT2D eigenvalue weighted by atomic mass is 35.5. The van der Waals surface area contributed by atoms with E-state index in [4.69, 9.17) is 11.6 Å². The van der Waals surface area contributed by atoms with E-state index in [-0.39, 0.29) is 5.78 Å². The van der Waals surface area contributed by atoms with Gasteiger partial charge in [-0.2, -0.15) is 0 Å². The Hall–Kier alpha value is -1.91. The molecule has 0 N–H and O–H groups in total. The molecule has 0 fully saturated rings. The number of carbonyl (C=O) groups is 1. The Kier molecular flexibility index (Phi) is 2.99. The van der Waals surface area contributed by atoms with E-state index in [0.29, 0.717) is 11.4 Å². The van der Waals surface area contributed by atoms with Gasteiger partial charge >= 0.3 is 0 Å². The third kappa shape index (κ3) is 1.95. The van der Waals surface area contributed by atoms with Crippen LogP contribution in [0.4, 0.5) is 0 Å². The highest BCUT2D eigenvalue weighted by Crippen LogP contribution is 2.33. The summed E-state index contributed by atoms with van der Waals surface area (Å²) >= 11 is 7.87. The van der Waals surface area contributed by atoms with Crippen LogP contribution in [0.5, 0.6) is 0 Å². The van der Waals surface area contributed by atoms with Crippen molar-refractivity contribution in [3.8, 4) is 0 Å². The van der Waals surface area contributed by atoms with Gasteiger partial charge in [0.15, 0.2) is 10.7 Å². The van der Waals surface area contributed by atoms with Gasteiger partial charge in [-0.25, -0.2) is 4.98 Å². The fraction of sp³-hybridized carbons (Fsp3) is 0.176. The zero-order chi connectivity index (χ0) is 15.4. The van der Waals surface area contributed by atoms with Crippen LogP contribution in [0, 0.1) is 13.8 Å². The van der Waals surface area contributed by atoms with Gasteiger partial charge in [-0.3, -0.25) is 9.20 Å². The number of aromatic nitrogens is 2. The van der Waals surface area contributed by atoms with Crippen molar-refractivity contribution in [2.75, 3.05) is 0 Å². The van der Waals surface area contributed by atoms with Crippen molar-refractivity contribution in [2.24, 2.45) is 0 Å². The predicted octanol–water partition coefficient (Wildman–Crippen LogP) is 4.49. The SMILES string of the molecule is Cc1cn2c(/C=C3/Cc4c(Cl)cccc4C3=O)c(C)nc2s1. The van der Waals surface area contributed by atoms with Crippen LogP contribution in [-0.2, 0) is 6.42 Å². The van der Waals surface area contributed by atoms with E-state index in [1.54, 1.807) is 11.3 Å². The van der Waals surface area contributed by atoms with Crippen molar-refractivity contribution < 1.29 is 4.79 Å². The first-order valence-electron chi connectivity index (χ1n) is 7.02. The smallest absolute Gasteiger partial charge is 0.194 e. The van der Waals surface area contributed by atoms with E-state index < -0.39 is 0 Å². The maximum absolute atomic E-state index is 12.6. The number of rotatable bonds is 1. The summed E-state index contributed by atoms with van der Waals surface area (Å²) in [5.74, 6) is 0.0683. The minimum Gasteiger partial charge on any atom is -0.290 e. The minimum atomic E-state index is 0.0683. The summed E-state index contributed by atoms with van der Waals surface area (Å²) in [7, 11) is 0. The minimum absolute atomic E-state index is 0.0683. The number of allylic oxidation sites excluding steroid dienone is 1. The normalized spacial score (nSPS) is 16.0. The maximum atomic E-state index is 12.6. The van der Waals surface area contributed by atoms with Crippen LogP contribution in [0.25, 0.3) is 11.0 Å². The molecule has 0 spiro atoms. The van der Waals surface area contributed by atoms with Crippen LogP contribution in [0.3, 0.4) is 0 Å². The molecule has 4 rings (SSSR count). The van der Waals surface area contributed by atoms with Crippen molar-refractivity contribution in [1.82, 2.24) is 9.38 Å². The molecule has 0 amide bonds. The Labute approximate surface area is 136 Å². The number of halogens is 1. The van der Waals surface area contributed by atoms with Gasteiger partial charge in [-0.15, -0.1) is 11.3 Å². The molecule has 2 heterocycles. The van der Waals surface area contributed by atoms with E-state index >= 15 is 0 Å². The topological polar surface area (TPSA) is 34.4 Å². The number of thiazole rings is 1. The van der Waals surface area contributed by atoms with Crippen molar-refractivity contribution in [1.29, 1.82) is 0 Å². The highest BCUT2D eigenvalue weighted by Gasteiger charge is 2.27. The van der Waals surface area contributed by atoms with Gasteiger partial charge in [0.2, 0.25) is 0 Å². The highest BCUT2D eigenvalue weighted by molar-refractivity contribution is 7.17. The van der Waals surface area contributed by atoms with E-state index in [9.17, 15) is 4.79 Å². The molecule has 3 aromatic rings. The Bertz CT molecular complexity index is 965. The first-order valence-corrected chi connectivity index (χ1v) is 8.22. The molecule has 1 aromatic carbocycles. The van der Waals surface area contributed by atoms with Gasteiger partial charge in [0.25, 0.3) is 0 Å². The summed E-state index contributed by atoms with van der Waals surface area (Å²) in [5.41, 5.74) is 4.34. The van der Waals surface area contributed by atoms with Crippen LogP contribution in [-0.4, -0.2) is 15.2 Å². The lowest BCUT2D eigenvalue weighted by Gasteiger charge is -1.97. The number of fused-ring (bicyclic) bond motifs is 2. The largest absolute Gasteiger partial charge is 0.290 e. The number of hydrogen-bond donors (Lipinski definition) is 0. The molecule has 0 saturated heterocycles. The van der Waals surface area contributed by atoms with Gasteiger partial charge in [0, 0.05) is 33.7 Å². The number of ketones is 1. The molecule has 0 saturated carbocycles. The van der Waals surface area contributed by atoms with Gasteiger partial charge < -0.3 is 0 Å². The van der Waals surface area contributed by atoms with Crippen LogP contribution in [0.1, 0.15) is 32.2 Å². The Balaban J connectivity index is 1.85. The van der Waals surface area contributed by atoms with Gasteiger partial charge in [-0.05, 0) is 31.6 Å². The number of benzene rings is 1. The first-order chi connectivity index (χ1) is 10.5. The molecule has 0 radical (unpaired) electrons. The molecule has 5 heteroatoms. The monoisotopic (exact) mass is 328 g/mol. The van der Waals surface area contributed by atoms with E-state index in [0.717, 1.165) is 33.0 Å². The molecule has 22 heavy (non-hydrogen) atoms. The fourth-order valence-electron chi connectivity index (χ4n) is 2.93. The summed E-state index contributed by atoms with van der Waals surface area (Å²) in [6, 6.07) is 5.51. The van der Waals surface area contributed by atoms with Gasteiger partial charge in [0.1, 0.15) is 0 Å². The quantitative estimate of drug-likeness (QED) is 0.617. The number of hydrogen-bond acceptors (Lipinski definition) is 3. The van der Waals surface area contributed by atoms with Crippen LogP contribution in [0.15, 0.2) is 30.0 Å². The van der Waals surface area contributed by atoms with Crippen molar-refractivity contribution in [2.45, 2.75) is 20.3 Å². The summed E-state index contributed by atoms with van der Waals surface area (Å²) in [4.78, 5) is 19.3. The Morgan fingerprint density at radius 2 is 2.18 bits per heavy atom. The van der Waals surface area contributed by atoms with Crippen molar-refractivity contribution in [3.63, 3.8) is 0 Å². The number of Topliss-reactive ketones (excluding diaryl/α,β-unsaturated/α-hetero) is 1. The van der Waals surface area contributed by atoms with E-state index in [1.165, 1.54) is 4.88 Å². The first kappa shape index (κ1) is 13.7. The molecule has 2 aromatic heterocycles. The number of carbonyl (C=O) groups excluding carboxylic acids is 1. The van der Waals surface area contributed by atoms with E-state index in [1.807, 2.05) is 31.2 Å². The van der Waals surface area contributed by atoms with E-state index in [2.05, 4.69) is 22.5 Å². The molecule has 1 aliphatic carbocycles. The summed E-state index contributed by atoms with van der Waals surface area (Å²) < 4.78 is 2.06. The Morgan fingerprint density at radius 1 is 1.36 bits per heavy atom. The molecular weight excluding hydrogens is 316 g/mol. The average molecular weight is 329 g/mol. The molecule has 0 aliphatic heterocycles. The second-order valence-electron chi connectivity index (χ2n) is 5.52. The van der Waals surface area contributed by atoms with Crippen LogP contribution < -0.4 is 0 Å². The third-order valence-electron chi connectivity index (χ3n) is 4.00. The number of nitrogens with zero attached hydrogens (tertiary/aromatic N) is 2. The Morgan fingerprint density at radius 3 is 2.95 bits per heavy atom. The summed E-state index contributed by atoms with van der Waals surface area (Å²) in [5, 5.41) is 0.663. The van der Waals surface area contributed by atoms with Crippen molar-refractivity contribution >= 4 is 39.8 Å². The lowest BCUT2D eigenvalue weighted by molar-refractivity contribution is 0.104. The number of aryl methyl sites for hydroxylation is 2. The molecule has 0 bridgehead atoms. The molecule has 0 atom stereocenters. The maximum Gasteiger partial charge on any atom is 0.194 e. The molecule has 1 aliphatic rings. The lowest BCUT2D eigenvalue weighted by atomic mass is 10.1. The second kappa shape index (κ2) is 4.80. The summed E-state index contributed by atoms with van der Waals surface area (Å²) in [6.07, 6.45) is 4.61. The van der Waals surface area contributed by atoms with Gasteiger partial charge in [0.05, 0.1) is 11.4 Å². The molecular formula is C17H13ClN2OS. The standard InChI is InChI=1S/C17H13ClN2OS/c1-9-8-20-15(10(2)19-17(20)22-9)7-11-6-13-12(16(11)21)4-3-5-14(13)18/h3-5,7-8H,6H2,1-2H3/b11-7-. The zero-order valence-electron chi connectivity index (χ0n) is 12.2. The van der Waals surface area contributed by atoms with Crippen molar-refractivity contribution in [3.05, 3.63) is 62.4 Å². The second-order valence-corrected chi connectivity index (χ2v) is 7.14. The predicted molar refractivity (Wildman–Crippen MR) is 90.0 cm³/mol. The van der Waals surface area contributed by atoms with Crippen LogP contribution in [0.2, 0.25) is 5.02 Å². The number of imidazole rings is 1. The third-order valence-corrected chi connectivity index (χ3v) is 5.25. The van der Waals surface area contributed by atoms with Crippen LogP contribution >= 0.6 is 22.9 Å². The molecule has 110 valence electrons. The molecule has 3 nitrogen and oxygen atoms in total. The average Bonchev–Trinajstić information content (AvgIpc) is 3.06. The fourth-order valence-corrected chi connectivity index (χ4v) is 4.05. The zero-order valence-corrected chi connectivity index (χ0v) is 13.8. The summed E-state index contributed by atoms with van der Waals surface area (Å²) in [6.45, 7) is 4.03.